The van der Waals surface area contributed by atoms with Crippen LogP contribution in [0, 0.1) is 0 Å². The van der Waals surface area contributed by atoms with Crippen LogP contribution >= 0.6 is 0 Å². The molecule has 1 N–H and O–H groups in total. The summed E-state index contributed by atoms with van der Waals surface area (Å²) < 4.78 is 15.6. The van der Waals surface area contributed by atoms with Crippen molar-refractivity contribution in [3.63, 3.8) is 0 Å². The van der Waals surface area contributed by atoms with Gasteiger partial charge in [-0.3, -0.25) is 4.79 Å². The van der Waals surface area contributed by atoms with Crippen molar-refractivity contribution < 1.29 is 18.7 Å². The van der Waals surface area contributed by atoms with Crippen LogP contribution in [0.2, 0.25) is 0 Å². The Balaban J connectivity index is 1.81. The molecule has 128 valence electrons. The van der Waals surface area contributed by atoms with Crippen molar-refractivity contribution in [3.8, 4) is 11.5 Å². The number of hydrogen-bond donors (Lipinski definition) is 1. The van der Waals surface area contributed by atoms with Crippen molar-refractivity contribution in [1.82, 2.24) is 5.32 Å². The first kappa shape index (κ1) is 16.6. The minimum Gasteiger partial charge on any atom is -0.497 e. The molecule has 0 aliphatic rings. The minimum absolute atomic E-state index is 0.0359. The first-order valence-electron chi connectivity index (χ1n) is 7.64. The number of fused-ring (bicyclic) bond motifs is 1. The third-order valence-corrected chi connectivity index (χ3v) is 3.82. The summed E-state index contributed by atoms with van der Waals surface area (Å²) in [4.78, 5) is 24.4. The van der Waals surface area contributed by atoms with Crippen LogP contribution in [0.1, 0.15) is 15.9 Å². The van der Waals surface area contributed by atoms with Gasteiger partial charge in [0.1, 0.15) is 22.6 Å². The fourth-order valence-electron chi connectivity index (χ4n) is 2.49. The van der Waals surface area contributed by atoms with Crippen LogP contribution in [-0.4, -0.2) is 20.1 Å². The van der Waals surface area contributed by atoms with Gasteiger partial charge in [-0.15, -0.1) is 0 Å². The van der Waals surface area contributed by atoms with E-state index in [1.54, 1.807) is 43.5 Å². The lowest BCUT2D eigenvalue weighted by Gasteiger charge is -2.11. The molecule has 0 spiro atoms. The molecule has 6 nitrogen and oxygen atoms in total. The van der Waals surface area contributed by atoms with Gasteiger partial charge >= 0.3 is 5.63 Å². The maximum atomic E-state index is 12.4. The Hall–Kier alpha value is -3.28. The summed E-state index contributed by atoms with van der Waals surface area (Å²) in [5, 5.41) is 3.40. The molecule has 6 heteroatoms. The number of carbonyl (C=O) groups is 1. The standard InChI is InChI=1S/C19H17NO5/c1-23-14-8-7-13(17(10-14)24-2)11-20-18(21)15-9-12-5-3-4-6-16(12)25-19(15)22/h3-10H,11H2,1-2H3,(H,20,21). The summed E-state index contributed by atoms with van der Waals surface area (Å²) in [5.74, 6) is 0.740. The lowest BCUT2D eigenvalue weighted by molar-refractivity contribution is 0.0947. The van der Waals surface area contributed by atoms with Crippen LogP contribution in [-0.2, 0) is 6.54 Å². The first-order chi connectivity index (χ1) is 12.1. The fraction of sp³-hybridized carbons (Fsp3) is 0.158. The predicted molar refractivity (Wildman–Crippen MR) is 93.2 cm³/mol. The van der Waals surface area contributed by atoms with E-state index in [1.807, 2.05) is 6.07 Å². The molecule has 0 saturated heterocycles. The van der Waals surface area contributed by atoms with Crippen LogP contribution < -0.4 is 20.4 Å². The van der Waals surface area contributed by atoms with E-state index in [2.05, 4.69) is 5.32 Å². The number of nitrogens with one attached hydrogen (secondary N) is 1. The highest BCUT2D eigenvalue weighted by Gasteiger charge is 2.14. The number of ether oxygens (including phenoxy) is 2. The van der Waals surface area contributed by atoms with Gasteiger partial charge in [0.25, 0.3) is 5.91 Å². The van der Waals surface area contributed by atoms with Gasteiger partial charge in [0.15, 0.2) is 0 Å². The average Bonchev–Trinajstić information content (AvgIpc) is 2.65. The Morgan fingerprint density at radius 3 is 2.64 bits per heavy atom. The molecule has 2 aromatic carbocycles. The number of amides is 1. The van der Waals surface area contributed by atoms with Crippen molar-refractivity contribution in [2.24, 2.45) is 0 Å². The first-order valence-corrected chi connectivity index (χ1v) is 7.64. The van der Waals surface area contributed by atoms with E-state index in [0.717, 1.165) is 5.56 Å². The molecular weight excluding hydrogens is 322 g/mol. The average molecular weight is 339 g/mol. The molecule has 1 aromatic heterocycles. The quantitative estimate of drug-likeness (QED) is 0.723. The number of hydrogen-bond acceptors (Lipinski definition) is 5. The Morgan fingerprint density at radius 2 is 1.88 bits per heavy atom. The van der Waals surface area contributed by atoms with Crippen molar-refractivity contribution >= 4 is 16.9 Å². The second-order valence-electron chi connectivity index (χ2n) is 5.35. The van der Waals surface area contributed by atoms with Gasteiger partial charge in [0.2, 0.25) is 0 Å². The summed E-state index contributed by atoms with van der Waals surface area (Å²) in [6, 6.07) is 13.9. The molecule has 3 rings (SSSR count). The van der Waals surface area contributed by atoms with Crippen molar-refractivity contribution in [2.75, 3.05) is 14.2 Å². The molecule has 0 aliphatic heterocycles. The van der Waals surface area contributed by atoms with Gasteiger partial charge < -0.3 is 19.2 Å². The monoisotopic (exact) mass is 339 g/mol. The van der Waals surface area contributed by atoms with Crippen LogP contribution in [0.3, 0.4) is 0 Å². The molecular formula is C19H17NO5. The third-order valence-electron chi connectivity index (χ3n) is 3.82. The van der Waals surface area contributed by atoms with Crippen LogP contribution in [0.15, 0.2) is 57.7 Å². The van der Waals surface area contributed by atoms with E-state index in [0.29, 0.717) is 22.5 Å². The molecule has 1 amide bonds. The zero-order chi connectivity index (χ0) is 17.8. The number of benzene rings is 2. The smallest absolute Gasteiger partial charge is 0.349 e. The van der Waals surface area contributed by atoms with Gasteiger partial charge in [0, 0.05) is 23.6 Å². The lowest BCUT2D eigenvalue weighted by Crippen LogP contribution is -2.28. The van der Waals surface area contributed by atoms with Gasteiger partial charge in [-0.1, -0.05) is 18.2 Å². The maximum Gasteiger partial charge on any atom is 0.349 e. The molecule has 0 atom stereocenters. The molecule has 3 aromatic rings. The van der Waals surface area contributed by atoms with E-state index in [4.69, 9.17) is 13.9 Å². The van der Waals surface area contributed by atoms with Crippen molar-refractivity contribution in [2.45, 2.75) is 6.54 Å². The molecule has 0 fully saturated rings. The topological polar surface area (TPSA) is 77.8 Å². The summed E-state index contributed by atoms with van der Waals surface area (Å²) in [7, 11) is 3.10. The van der Waals surface area contributed by atoms with Gasteiger partial charge in [-0.2, -0.15) is 0 Å². The molecule has 25 heavy (non-hydrogen) atoms. The summed E-state index contributed by atoms with van der Waals surface area (Å²) >= 11 is 0. The summed E-state index contributed by atoms with van der Waals surface area (Å²) in [5.41, 5.74) is 0.506. The highest BCUT2D eigenvalue weighted by atomic mass is 16.5. The Kier molecular flexibility index (Phi) is 4.70. The minimum atomic E-state index is -0.669. The molecule has 0 radical (unpaired) electrons. The van der Waals surface area contributed by atoms with Crippen molar-refractivity contribution in [3.05, 3.63) is 70.1 Å². The summed E-state index contributed by atoms with van der Waals surface area (Å²) in [6.07, 6.45) is 0. The Labute approximate surface area is 144 Å². The van der Waals surface area contributed by atoms with E-state index < -0.39 is 11.5 Å². The van der Waals surface area contributed by atoms with Crippen molar-refractivity contribution in [1.29, 1.82) is 0 Å². The predicted octanol–water partition coefficient (Wildman–Crippen LogP) is 2.74. The molecule has 0 saturated carbocycles. The van der Waals surface area contributed by atoms with Gasteiger partial charge in [-0.25, -0.2) is 4.79 Å². The fourth-order valence-corrected chi connectivity index (χ4v) is 2.49. The molecule has 1 heterocycles. The Bertz CT molecular complexity index is 977. The molecule has 0 unspecified atom stereocenters. The maximum absolute atomic E-state index is 12.4. The number of rotatable bonds is 5. The van der Waals surface area contributed by atoms with E-state index in [-0.39, 0.29) is 12.1 Å². The normalized spacial score (nSPS) is 10.5. The largest absolute Gasteiger partial charge is 0.497 e. The Morgan fingerprint density at radius 1 is 1.08 bits per heavy atom. The zero-order valence-electron chi connectivity index (χ0n) is 13.9. The van der Waals surface area contributed by atoms with Gasteiger partial charge in [0.05, 0.1) is 14.2 Å². The molecule has 0 bridgehead atoms. The summed E-state index contributed by atoms with van der Waals surface area (Å²) in [6.45, 7) is 0.207. The van der Waals surface area contributed by atoms with Crippen LogP contribution in [0.4, 0.5) is 0 Å². The van der Waals surface area contributed by atoms with Crippen LogP contribution in [0.25, 0.3) is 11.0 Å². The SMILES string of the molecule is COc1ccc(CNC(=O)c2cc3ccccc3oc2=O)c(OC)c1. The third kappa shape index (κ3) is 3.47. The number of para-hydroxylation sites is 1. The second kappa shape index (κ2) is 7.09. The number of carbonyl (C=O) groups excluding carboxylic acids is 1. The van der Waals surface area contributed by atoms with Gasteiger partial charge in [-0.05, 0) is 24.3 Å². The van der Waals surface area contributed by atoms with E-state index in [1.165, 1.54) is 13.2 Å². The van der Waals surface area contributed by atoms with E-state index in [9.17, 15) is 9.59 Å². The second-order valence-corrected chi connectivity index (χ2v) is 5.35. The molecule has 0 aliphatic carbocycles. The van der Waals surface area contributed by atoms with E-state index >= 15 is 0 Å². The highest BCUT2D eigenvalue weighted by molar-refractivity contribution is 5.96. The number of methoxy groups -OCH3 is 2. The zero-order valence-corrected chi connectivity index (χ0v) is 13.9. The lowest BCUT2D eigenvalue weighted by atomic mass is 10.1. The highest BCUT2D eigenvalue weighted by Crippen LogP contribution is 2.24. The van der Waals surface area contributed by atoms with Crippen LogP contribution in [0.5, 0.6) is 11.5 Å².